The number of carbonyl (C=O) groups is 2. The quantitative estimate of drug-likeness (QED) is 0.390. The number of benzene rings is 1. The number of fused-ring (bicyclic) bond motifs is 1. The van der Waals surface area contributed by atoms with Crippen molar-refractivity contribution in [2.45, 2.75) is 52.5 Å². The molecule has 1 aliphatic rings. The van der Waals surface area contributed by atoms with Gasteiger partial charge >= 0.3 is 5.97 Å². The van der Waals surface area contributed by atoms with Crippen molar-refractivity contribution < 1.29 is 19.1 Å². The van der Waals surface area contributed by atoms with Crippen LogP contribution in [0.15, 0.2) is 53.3 Å². The highest BCUT2D eigenvalue weighted by molar-refractivity contribution is 6.01. The van der Waals surface area contributed by atoms with E-state index in [1.807, 2.05) is 38.1 Å². The molecule has 4 aromatic rings. The Kier molecular flexibility index (Phi) is 6.30. The van der Waals surface area contributed by atoms with Crippen LogP contribution in [0.25, 0.3) is 28.2 Å². The van der Waals surface area contributed by atoms with E-state index in [-0.39, 0.29) is 29.2 Å². The molecular formula is C27H29N5O4. The van der Waals surface area contributed by atoms with Gasteiger partial charge in [-0.25, -0.2) is 14.5 Å². The molecule has 1 saturated carbocycles. The number of carbonyl (C=O) groups excluding carboxylic acids is 1. The molecular weight excluding hydrogens is 458 g/mol. The molecule has 1 amide bonds. The average molecular weight is 488 g/mol. The molecule has 1 aliphatic carbocycles. The van der Waals surface area contributed by atoms with Crippen molar-refractivity contribution in [3.05, 3.63) is 54.5 Å². The van der Waals surface area contributed by atoms with E-state index in [9.17, 15) is 14.7 Å². The summed E-state index contributed by atoms with van der Waals surface area (Å²) in [7, 11) is 0. The lowest BCUT2D eigenvalue weighted by Crippen LogP contribution is -2.43. The summed E-state index contributed by atoms with van der Waals surface area (Å²) in [6, 6.07) is 8.83. The van der Waals surface area contributed by atoms with Crippen LogP contribution in [-0.2, 0) is 4.79 Å². The van der Waals surface area contributed by atoms with E-state index in [1.165, 1.54) is 10.9 Å². The number of aromatic nitrogens is 4. The van der Waals surface area contributed by atoms with Crippen molar-refractivity contribution >= 4 is 28.8 Å². The van der Waals surface area contributed by atoms with E-state index in [0.717, 1.165) is 31.2 Å². The summed E-state index contributed by atoms with van der Waals surface area (Å²) in [5.74, 6) is -0.0213. The maximum Gasteiger partial charge on any atom is 0.341 e. The molecule has 0 unspecified atom stereocenters. The number of hydrogen-bond donors (Lipinski definition) is 1. The van der Waals surface area contributed by atoms with Crippen molar-refractivity contribution in [2.75, 3.05) is 4.90 Å². The number of carboxylic acids is 1. The zero-order valence-electron chi connectivity index (χ0n) is 20.6. The SMILES string of the molecule is CC1CCC(C(=O)N(c2nn(-c3ccc(-c4nc5cnccc5o4)cc3)cc2C(=O)O)C(C)C)CC1. The summed E-state index contributed by atoms with van der Waals surface area (Å²) in [6.45, 7) is 5.98. The second kappa shape index (κ2) is 9.56. The minimum atomic E-state index is -1.12. The first-order valence-electron chi connectivity index (χ1n) is 12.3. The van der Waals surface area contributed by atoms with Gasteiger partial charge in [0.25, 0.3) is 0 Å². The number of pyridine rings is 1. The third kappa shape index (κ3) is 4.48. The third-order valence-electron chi connectivity index (χ3n) is 6.84. The molecule has 0 bridgehead atoms. The van der Waals surface area contributed by atoms with Crippen molar-refractivity contribution in [3.63, 3.8) is 0 Å². The van der Waals surface area contributed by atoms with Crippen LogP contribution in [0, 0.1) is 11.8 Å². The lowest BCUT2D eigenvalue weighted by atomic mass is 9.82. The van der Waals surface area contributed by atoms with Crippen LogP contribution in [0.5, 0.6) is 0 Å². The molecule has 3 aromatic heterocycles. The fourth-order valence-electron chi connectivity index (χ4n) is 4.79. The number of amides is 1. The summed E-state index contributed by atoms with van der Waals surface area (Å²) < 4.78 is 7.31. The van der Waals surface area contributed by atoms with Crippen LogP contribution in [0.4, 0.5) is 5.82 Å². The highest BCUT2D eigenvalue weighted by Crippen LogP contribution is 2.33. The molecule has 0 radical (unpaired) electrons. The fraction of sp³-hybridized carbons (Fsp3) is 0.370. The predicted octanol–water partition coefficient (Wildman–Crippen LogP) is 5.34. The van der Waals surface area contributed by atoms with E-state index in [1.54, 1.807) is 23.4 Å². The van der Waals surface area contributed by atoms with Crippen molar-refractivity contribution in [3.8, 4) is 17.1 Å². The molecule has 0 aliphatic heterocycles. The number of rotatable bonds is 6. The van der Waals surface area contributed by atoms with Gasteiger partial charge in [-0.05, 0) is 69.7 Å². The second-order valence-corrected chi connectivity index (χ2v) is 9.78. The lowest BCUT2D eigenvalue weighted by Gasteiger charge is -2.32. The number of aromatic carboxylic acids is 1. The molecule has 0 spiro atoms. The minimum Gasteiger partial charge on any atom is -0.477 e. The molecule has 1 aromatic carbocycles. The summed E-state index contributed by atoms with van der Waals surface area (Å²) >= 11 is 0. The maximum absolute atomic E-state index is 13.5. The summed E-state index contributed by atoms with van der Waals surface area (Å²) in [4.78, 5) is 35.7. The van der Waals surface area contributed by atoms with Gasteiger partial charge in [-0.2, -0.15) is 0 Å². The van der Waals surface area contributed by atoms with Gasteiger partial charge < -0.3 is 9.52 Å². The highest BCUT2D eigenvalue weighted by atomic mass is 16.4. The van der Waals surface area contributed by atoms with E-state index in [4.69, 9.17) is 4.42 Å². The van der Waals surface area contributed by atoms with Gasteiger partial charge in [-0.1, -0.05) is 6.92 Å². The third-order valence-corrected chi connectivity index (χ3v) is 6.84. The lowest BCUT2D eigenvalue weighted by molar-refractivity contribution is -0.124. The summed E-state index contributed by atoms with van der Waals surface area (Å²) in [6.07, 6.45) is 8.40. The minimum absolute atomic E-state index is 0.00300. The number of hydrogen-bond acceptors (Lipinski definition) is 6. The molecule has 3 heterocycles. The van der Waals surface area contributed by atoms with E-state index >= 15 is 0 Å². The van der Waals surface area contributed by atoms with Gasteiger partial charge in [-0.15, -0.1) is 5.10 Å². The first-order valence-corrected chi connectivity index (χ1v) is 12.3. The highest BCUT2D eigenvalue weighted by Gasteiger charge is 2.34. The Morgan fingerprint density at radius 1 is 1.11 bits per heavy atom. The number of carboxylic acid groups (broad SMARTS) is 1. The average Bonchev–Trinajstić information content (AvgIpc) is 3.49. The van der Waals surface area contributed by atoms with Crippen molar-refractivity contribution in [1.82, 2.24) is 19.7 Å². The van der Waals surface area contributed by atoms with Gasteiger partial charge in [0.05, 0.1) is 11.9 Å². The van der Waals surface area contributed by atoms with Crippen LogP contribution in [-0.4, -0.2) is 42.8 Å². The van der Waals surface area contributed by atoms with Gasteiger partial charge in [0, 0.05) is 36.0 Å². The smallest absolute Gasteiger partial charge is 0.341 e. The molecule has 5 rings (SSSR count). The zero-order valence-corrected chi connectivity index (χ0v) is 20.6. The first-order chi connectivity index (χ1) is 17.3. The van der Waals surface area contributed by atoms with Crippen LogP contribution in [0.1, 0.15) is 56.8 Å². The second-order valence-electron chi connectivity index (χ2n) is 9.78. The summed E-state index contributed by atoms with van der Waals surface area (Å²) in [5, 5.41) is 14.5. The van der Waals surface area contributed by atoms with Crippen LogP contribution in [0.3, 0.4) is 0 Å². The van der Waals surface area contributed by atoms with Crippen LogP contribution in [0.2, 0.25) is 0 Å². The van der Waals surface area contributed by atoms with Crippen LogP contribution >= 0.6 is 0 Å². The molecule has 186 valence electrons. The Balaban J connectivity index is 1.46. The Labute approximate surface area is 208 Å². The van der Waals surface area contributed by atoms with E-state index in [0.29, 0.717) is 28.6 Å². The molecule has 36 heavy (non-hydrogen) atoms. The molecule has 0 saturated heterocycles. The van der Waals surface area contributed by atoms with Gasteiger partial charge in [0.1, 0.15) is 11.1 Å². The molecule has 1 N–H and O–H groups in total. The number of nitrogens with zero attached hydrogens (tertiary/aromatic N) is 5. The Morgan fingerprint density at radius 2 is 1.83 bits per heavy atom. The molecule has 9 heteroatoms. The number of anilines is 1. The summed E-state index contributed by atoms with van der Waals surface area (Å²) in [5.41, 5.74) is 2.75. The number of oxazole rings is 1. The monoisotopic (exact) mass is 487 g/mol. The maximum atomic E-state index is 13.5. The molecule has 9 nitrogen and oxygen atoms in total. The van der Waals surface area contributed by atoms with Crippen molar-refractivity contribution in [2.24, 2.45) is 11.8 Å². The zero-order chi connectivity index (χ0) is 25.4. The van der Waals surface area contributed by atoms with E-state index < -0.39 is 5.97 Å². The Bertz CT molecular complexity index is 1360. The normalized spacial score (nSPS) is 18.0. The predicted molar refractivity (Wildman–Crippen MR) is 135 cm³/mol. The van der Waals surface area contributed by atoms with Crippen molar-refractivity contribution in [1.29, 1.82) is 0 Å². The van der Waals surface area contributed by atoms with Gasteiger partial charge in [0.2, 0.25) is 11.8 Å². The standard InChI is InChI=1S/C27H29N5O4/c1-16(2)32(26(33)19-6-4-17(3)5-7-19)24-21(27(34)35)15-31(30-24)20-10-8-18(9-11-20)25-29-22-14-28-13-12-23(22)36-25/h8-17,19H,4-7H2,1-3H3,(H,34,35). The van der Waals surface area contributed by atoms with E-state index in [2.05, 4.69) is 22.0 Å². The Morgan fingerprint density at radius 3 is 2.47 bits per heavy atom. The Hall–Kier alpha value is -4.01. The fourth-order valence-corrected chi connectivity index (χ4v) is 4.79. The largest absolute Gasteiger partial charge is 0.477 e. The first kappa shape index (κ1) is 23.7. The molecule has 0 atom stereocenters. The molecule has 1 fully saturated rings. The van der Waals surface area contributed by atoms with Gasteiger partial charge in [-0.3, -0.25) is 14.7 Å². The topological polar surface area (TPSA) is 114 Å². The van der Waals surface area contributed by atoms with Gasteiger partial charge in [0.15, 0.2) is 11.4 Å². The van der Waals surface area contributed by atoms with Crippen LogP contribution < -0.4 is 4.90 Å².